The van der Waals surface area contributed by atoms with E-state index in [4.69, 9.17) is 0 Å². The quantitative estimate of drug-likeness (QED) is 0.840. The van der Waals surface area contributed by atoms with E-state index in [0.29, 0.717) is 12.1 Å². The molecule has 0 heterocycles. The molecule has 1 amide bonds. The van der Waals surface area contributed by atoms with Gasteiger partial charge in [-0.2, -0.15) is 0 Å². The molecule has 0 aliphatic rings. The van der Waals surface area contributed by atoms with Crippen molar-refractivity contribution >= 4 is 21.8 Å². The standard InChI is InChI=1S/C16H16BrNO2/c1-11-7-8-13(9-15(11)19)16(20)18-10-14(17)12-5-3-2-4-6-12/h2-9,14,19H,10H2,1H3,(H,18,20). The van der Waals surface area contributed by atoms with Crippen LogP contribution >= 0.6 is 15.9 Å². The van der Waals surface area contributed by atoms with Gasteiger partial charge in [0.15, 0.2) is 0 Å². The normalized spacial score (nSPS) is 11.9. The molecule has 0 saturated carbocycles. The van der Waals surface area contributed by atoms with Crippen molar-refractivity contribution in [3.63, 3.8) is 0 Å². The van der Waals surface area contributed by atoms with Crippen LogP contribution < -0.4 is 5.32 Å². The highest BCUT2D eigenvalue weighted by molar-refractivity contribution is 9.09. The number of amides is 1. The average Bonchev–Trinajstić information content (AvgIpc) is 2.48. The van der Waals surface area contributed by atoms with Crippen molar-refractivity contribution in [3.8, 4) is 5.75 Å². The summed E-state index contributed by atoms with van der Waals surface area (Å²) in [5.41, 5.74) is 2.32. The minimum absolute atomic E-state index is 0.0618. The lowest BCUT2D eigenvalue weighted by atomic mass is 10.1. The van der Waals surface area contributed by atoms with Gasteiger partial charge in [-0.3, -0.25) is 4.79 Å². The largest absolute Gasteiger partial charge is 0.508 e. The van der Waals surface area contributed by atoms with Gasteiger partial charge in [-0.1, -0.05) is 52.3 Å². The number of carbonyl (C=O) groups excluding carboxylic acids is 1. The second-order valence-electron chi connectivity index (χ2n) is 4.59. The van der Waals surface area contributed by atoms with Crippen LogP contribution in [0.3, 0.4) is 0 Å². The Hall–Kier alpha value is -1.81. The van der Waals surface area contributed by atoms with E-state index in [2.05, 4.69) is 21.2 Å². The number of hydrogen-bond acceptors (Lipinski definition) is 2. The fourth-order valence-electron chi connectivity index (χ4n) is 1.81. The summed E-state index contributed by atoms with van der Waals surface area (Å²) < 4.78 is 0. The maximum atomic E-state index is 12.0. The summed E-state index contributed by atoms with van der Waals surface area (Å²) in [5.74, 6) is -0.0585. The molecule has 4 heteroatoms. The third-order valence-corrected chi connectivity index (χ3v) is 3.93. The van der Waals surface area contributed by atoms with Gasteiger partial charge >= 0.3 is 0 Å². The Morgan fingerprint density at radius 3 is 2.60 bits per heavy atom. The first-order valence-electron chi connectivity index (χ1n) is 6.35. The molecule has 2 N–H and O–H groups in total. The van der Waals surface area contributed by atoms with E-state index >= 15 is 0 Å². The van der Waals surface area contributed by atoms with Crippen LogP contribution in [0.4, 0.5) is 0 Å². The van der Waals surface area contributed by atoms with Crippen molar-refractivity contribution < 1.29 is 9.90 Å². The van der Waals surface area contributed by atoms with Crippen LogP contribution in [0.1, 0.15) is 26.3 Å². The molecular formula is C16H16BrNO2. The average molecular weight is 334 g/mol. The van der Waals surface area contributed by atoms with Gasteiger partial charge in [-0.05, 0) is 30.2 Å². The highest BCUT2D eigenvalue weighted by Crippen LogP contribution is 2.21. The number of aryl methyl sites for hydroxylation is 1. The molecule has 0 aliphatic heterocycles. The molecule has 0 fully saturated rings. The highest BCUT2D eigenvalue weighted by atomic mass is 79.9. The number of alkyl halides is 1. The van der Waals surface area contributed by atoms with E-state index < -0.39 is 0 Å². The van der Waals surface area contributed by atoms with Crippen LogP contribution in [-0.2, 0) is 0 Å². The summed E-state index contributed by atoms with van der Waals surface area (Å²) in [6.07, 6.45) is 0. The van der Waals surface area contributed by atoms with Crippen LogP contribution in [0.15, 0.2) is 48.5 Å². The number of nitrogens with one attached hydrogen (secondary N) is 1. The number of phenolic OH excluding ortho intramolecular Hbond substituents is 1. The zero-order valence-electron chi connectivity index (χ0n) is 11.1. The first-order chi connectivity index (χ1) is 9.58. The molecule has 0 aromatic heterocycles. The number of rotatable bonds is 4. The number of benzene rings is 2. The van der Waals surface area contributed by atoms with Crippen molar-refractivity contribution in [2.45, 2.75) is 11.8 Å². The summed E-state index contributed by atoms with van der Waals surface area (Å²) in [4.78, 5) is 12.1. The van der Waals surface area contributed by atoms with E-state index in [9.17, 15) is 9.90 Å². The fraction of sp³-hybridized carbons (Fsp3) is 0.188. The Morgan fingerprint density at radius 1 is 1.25 bits per heavy atom. The Balaban J connectivity index is 1.97. The summed E-state index contributed by atoms with van der Waals surface area (Å²) >= 11 is 3.55. The number of halogens is 1. The van der Waals surface area contributed by atoms with Gasteiger partial charge in [0.2, 0.25) is 0 Å². The molecule has 0 radical (unpaired) electrons. The predicted octanol–water partition coefficient (Wildman–Crippen LogP) is 3.57. The third kappa shape index (κ3) is 3.61. The molecule has 1 unspecified atom stereocenters. The SMILES string of the molecule is Cc1ccc(C(=O)NCC(Br)c2ccccc2)cc1O. The zero-order chi connectivity index (χ0) is 14.5. The predicted molar refractivity (Wildman–Crippen MR) is 83.3 cm³/mol. The molecule has 20 heavy (non-hydrogen) atoms. The number of aromatic hydroxyl groups is 1. The van der Waals surface area contributed by atoms with Gasteiger partial charge in [-0.15, -0.1) is 0 Å². The molecule has 0 saturated heterocycles. The summed E-state index contributed by atoms with van der Waals surface area (Å²) in [7, 11) is 0. The number of phenols is 1. The van der Waals surface area contributed by atoms with Crippen LogP contribution in [0, 0.1) is 6.92 Å². The molecule has 3 nitrogen and oxygen atoms in total. The fourth-order valence-corrected chi connectivity index (χ4v) is 2.28. The van der Waals surface area contributed by atoms with Crippen molar-refractivity contribution in [1.29, 1.82) is 0 Å². The van der Waals surface area contributed by atoms with E-state index in [1.165, 1.54) is 6.07 Å². The lowest BCUT2D eigenvalue weighted by molar-refractivity contribution is 0.0953. The minimum Gasteiger partial charge on any atom is -0.508 e. The summed E-state index contributed by atoms with van der Waals surface area (Å²) in [6.45, 7) is 2.28. The number of hydrogen-bond donors (Lipinski definition) is 2. The Kier molecular flexibility index (Phi) is 4.79. The zero-order valence-corrected chi connectivity index (χ0v) is 12.7. The van der Waals surface area contributed by atoms with Gasteiger partial charge in [0.25, 0.3) is 5.91 Å². The molecular weight excluding hydrogens is 318 g/mol. The molecule has 2 rings (SSSR count). The molecule has 2 aromatic carbocycles. The van der Waals surface area contributed by atoms with Crippen molar-refractivity contribution in [3.05, 3.63) is 65.2 Å². The van der Waals surface area contributed by atoms with E-state index in [-0.39, 0.29) is 16.5 Å². The van der Waals surface area contributed by atoms with Gasteiger partial charge < -0.3 is 10.4 Å². The maximum Gasteiger partial charge on any atom is 0.251 e. The molecule has 1 atom stereocenters. The molecule has 2 aromatic rings. The minimum atomic E-state index is -0.194. The van der Waals surface area contributed by atoms with E-state index in [1.807, 2.05) is 30.3 Å². The maximum absolute atomic E-state index is 12.0. The molecule has 104 valence electrons. The highest BCUT2D eigenvalue weighted by Gasteiger charge is 2.11. The summed E-state index contributed by atoms with van der Waals surface area (Å²) in [6, 6.07) is 14.8. The smallest absolute Gasteiger partial charge is 0.251 e. The summed E-state index contributed by atoms with van der Waals surface area (Å²) in [5, 5.41) is 12.5. The second kappa shape index (κ2) is 6.57. The van der Waals surface area contributed by atoms with Gasteiger partial charge in [0, 0.05) is 12.1 Å². The lowest BCUT2D eigenvalue weighted by Gasteiger charge is -2.12. The van der Waals surface area contributed by atoms with E-state index in [0.717, 1.165) is 11.1 Å². The Bertz CT molecular complexity index is 599. The molecule has 0 aliphatic carbocycles. The monoisotopic (exact) mass is 333 g/mol. The van der Waals surface area contributed by atoms with Gasteiger partial charge in [-0.25, -0.2) is 0 Å². The van der Waals surface area contributed by atoms with Crippen molar-refractivity contribution in [1.82, 2.24) is 5.32 Å². The Morgan fingerprint density at radius 2 is 1.95 bits per heavy atom. The van der Waals surface area contributed by atoms with Crippen LogP contribution in [0.25, 0.3) is 0 Å². The van der Waals surface area contributed by atoms with Crippen LogP contribution in [0.2, 0.25) is 0 Å². The number of carbonyl (C=O) groups is 1. The van der Waals surface area contributed by atoms with E-state index in [1.54, 1.807) is 19.1 Å². The second-order valence-corrected chi connectivity index (χ2v) is 5.69. The molecule has 0 spiro atoms. The van der Waals surface area contributed by atoms with Crippen molar-refractivity contribution in [2.24, 2.45) is 0 Å². The molecule has 0 bridgehead atoms. The van der Waals surface area contributed by atoms with Gasteiger partial charge in [0.1, 0.15) is 5.75 Å². The van der Waals surface area contributed by atoms with Crippen LogP contribution in [-0.4, -0.2) is 17.6 Å². The first kappa shape index (κ1) is 14.6. The van der Waals surface area contributed by atoms with Crippen molar-refractivity contribution in [2.75, 3.05) is 6.54 Å². The Labute approximate surface area is 126 Å². The first-order valence-corrected chi connectivity index (χ1v) is 7.26. The topological polar surface area (TPSA) is 49.3 Å². The third-order valence-electron chi connectivity index (χ3n) is 3.07. The lowest BCUT2D eigenvalue weighted by Crippen LogP contribution is -2.26. The van der Waals surface area contributed by atoms with Gasteiger partial charge in [0.05, 0.1) is 4.83 Å². The van der Waals surface area contributed by atoms with Crippen LogP contribution in [0.5, 0.6) is 5.75 Å².